The fraction of sp³-hybridized carbons (Fsp3) is 0.600. The van der Waals surface area contributed by atoms with Crippen molar-refractivity contribution in [3.8, 4) is 0 Å². The molecule has 2 nitrogen and oxygen atoms in total. The molecular weight excluding hydrogens is 242 g/mol. The highest BCUT2D eigenvalue weighted by Crippen LogP contribution is 2.16. The van der Waals surface area contributed by atoms with Crippen molar-refractivity contribution < 1.29 is 4.74 Å². The summed E-state index contributed by atoms with van der Waals surface area (Å²) in [6, 6.07) is 8.78. The molecule has 3 heteroatoms. The first-order valence-corrected chi connectivity index (χ1v) is 8.06. The van der Waals surface area contributed by atoms with E-state index in [0.717, 1.165) is 26.1 Å². The Hall–Kier alpha value is -0.510. The largest absolute Gasteiger partial charge is 0.378 e. The van der Waals surface area contributed by atoms with Crippen molar-refractivity contribution in [2.24, 2.45) is 0 Å². The van der Waals surface area contributed by atoms with Crippen LogP contribution in [0.5, 0.6) is 0 Å². The normalized spacial score (nSPS) is 19.9. The number of hydrogen-bond acceptors (Lipinski definition) is 3. The molecule has 1 aliphatic rings. The predicted octanol–water partition coefficient (Wildman–Crippen LogP) is 3.46. The molecule has 0 radical (unpaired) electrons. The van der Waals surface area contributed by atoms with Gasteiger partial charge < -0.3 is 10.1 Å². The molecule has 0 spiro atoms. The number of nitrogens with one attached hydrogen (secondary N) is 1. The molecule has 0 bridgehead atoms. The first-order valence-electron chi connectivity index (χ1n) is 6.84. The summed E-state index contributed by atoms with van der Waals surface area (Å²) in [6.45, 7) is 2.97. The van der Waals surface area contributed by atoms with Crippen molar-refractivity contribution in [2.45, 2.75) is 43.2 Å². The first-order chi connectivity index (χ1) is 8.88. The number of benzene rings is 1. The third-order valence-corrected chi connectivity index (χ3v) is 4.15. The van der Waals surface area contributed by atoms with E-state index in [9.17, 15) is 0 Å². The molecule has 0 aliphatic carbocycles. The lowest BCUT2D eigenvalue weighted by Gasteiger charge is -2.22. The quantitative estimate of drug-likeness (QED) is 0.629. The molecule has 2 rings (SSSR count). The SMILES string of the molecule is CSc1ccc(CNCCC2CCCCO2)cc1. The molecule has 1 N–H and O–H groups in total. The van der Waals surface area contributed by atoms with E-state index >= 15 is 0 Å². The number of thioether (sulfide) groups is 1. The van der Waals surface area contributed by atoms with Crippen molar-refractivity contribution in [2.75, 3.05) is 19.4 Å². The second-order valence-electron chi connectivity index (χ2n) is 4.80. The lowest BCUT2D eigenvalue weighted by Crippen LogP contribution is -2.25. The van der Waals surface area contributed by atoms with Gasteiger partial charge in [0.1, 0.15) is 0 Å². The van der Waals surface area contributed by atoms with E-state index in [1.807, 2.05) is 0 Å². The Kier molecular flexibility index (Phi) is 6.05. The van der Waals surface area contributed by atoms with Gasteiger partial charge in [-0.05, 0) is 56.2 Å². The Morgan fingerprint density at radius 3 is 2.78 bits per heavy atom. The van der Waals surface area contributed by atoms with Crippen LogP contribution in [0.1, 0.15) is 31.2 Å². The van der Waals surface area contributed by atoms with Crippen molar-refractivity contribution in [1.29, 1.82) is 0 Å². The summed E-state index contributed by atoms with van der Waals surface area (Å²) in [5.74, 6) is 0. The molecule has 0 aromatic heterocycles. The van der Waals surface area contributed by atoms with Gasteiger partial charge in [-0.15, -0.1) is 11.8 Å². The molecule has 1 aliphatic heterocycles. The molecule has 0 amide bonds. The van der Waals surface area contributed by atoms with Gasteiger partial charge >= 0.3 is 0 Å². The van der Waals surface area contributed by atoms with Crippen molar-refractivity contribution in [3.63, 3.8) is 0 Å². The summed E-state index contributed by atoms with van der Waals surface area (Å²) < 4.78 is 5.72. The zero-order valence-corrected chi connectivity index (χ0v) is 12.0. The van der Waals surface area contributed by atoms with Crippen molar-refractivity contribution in [1.82, 2.24) is 5.32 Å². The predicted molar refractivity (Wildman–Crippen MR) is 78.1 cm³/mol. The smallest absolute Gasteiger partial charge is 0.0587 e. The van der Waals surface area contributed by atoms with Gasteiger partial charge in [0, 0.05) is 18.0 Å². The summed E-state index contributed by atoms with van der Waals surface area (Å²) in [6.07, 6.45) is 7.56. The van der Waals surface area contributed by atoms with Crippen LogP contribution in [0.15, 0.2) is 29.2 Å². The minimum atomic E-state index is 0.491. The van der Waals surface area contributed by atoms with E-state index < -0.39 is 0 Å². The van der Waals surface area contributed by atoms with Gasteiger partial charge in [-0.3, -0.25) is 0 Å². The monoisotopic (exact) mass is 265 g/mol. The van der Waals surface area contributed by atoms with E-state index in [4.69, 9.17) is 4.74 Å². The average Bonchev–Trinajstić information content (AvgIpc) is 2.45. The standard InChI is InChI=1S/C15H23NOS/c1-18-15-7-5-13(6-8-15)12-16-10-9-14-4-2-3-11-17-14/h5-8,14,16H,2-4,9-12H2,1H3. The highest BCUT2D eigenvalue weighted by atomic mass is 32.2. The Bertz CT molecular complexity index is 333. The zero-order chi connectivity index (χ0) is 12.6. The zero-order valence-electron chi connectivity index (χ0n) is 11.2. The summed E-state index contributed by atoms with van der Waals surface area (Å²) in [5, 5.41) is 3.50. The Morgan fingerprint density at radius 2 is 2.11 bits per heavy atom. The van der Waals surface area contributed by atoms with Crippen LogP contribution in [0.3, 0.4) is 0 Å². The fourth-order valence-corrected chi connectivity index (χ4v) is 2.68. The van der Waals surface area contributed by atoms with Crippen LogP contribution in [0.4, 0.5) is 0 Å². The van der Waals surface area contributed by atoms with Crippen molar-refractivity contribution >= 4 is 11.8 Å². The third kappa shape index (κ3) is 4.63. The van der Waals surface area contributed by atoms with E-state index in [-0.39, 0.29) is 0 Å². The second kappa shape index (κ2) is 7.82. The van der Waals surface area contributed by atoms with E-state index in [0.29, 0.717) is 6.10 Å². The number of ether oxygens (including phenoxy) is 1. The number of hydrogen-bond donors (Lipinski definition) is 1. The fourth-order valence-electron chi connectivity index (χ4n) is 2.27. The maximum Gasteiger partial charge on any atom is 0.0587 e. The maximum absolute atomic E-state index is 5.72. The van der Waals surface area contributed by atoms with E-state index in [1.165, 1.54) is 29.7 Å². The van der Waals surface area contributed by atoms with Crippen LogP contribution in [0.2, 0.25) is 0 Å². The van der Waals surface area contributed by atoms with Crippen LogP contribution < -0.4 is 5.32 Å². The number of rotatable bonds is 6. The van der Waals surface area contributed by atoms with Gasteiger partial charge in [-0.1, -0.05) is 12.1 Å². The minimum Gasteiger partial charge on any atom is -0.378 e. The van der Waals surface area contributed by atoms with Crippen molar-refractivity contribution in [3.05, 3.63) is 29.8 Å². The Morgan fingerprint density at radius 1 is 1.28 bits per heavy atom. The second-order valence-corrected chi connectivity index (χ2v) is 5.68. The molecule has 1 atom stereocenters. The molecule has 1 unspecified atom stereocenters. The molecule has 1 saturated heterocycles. The Balaban J connectivity index is 1.62. The summed E-state index contributed by atoms with van der Waals surface area (Å²) in [7, 11) is 0. The van der Waals surface area contributed by atoms with Gasteiger partial charge in [0.05, 0.1) is 6.10 Å². The summed E-state index contributed by atoms with van der Waals surface area (Å²) in [5.41, 5.74) is 1.36. The van der Waals surface area contributed by atoms with Gasteiger partial charge in [0.15, 0.2) is 0 Å². The summed E-state index contributed by atoms with van der Waals surface area (Å²) >= 11 is 1.79. The molecule has 18 heavy (non-hydrogen) atoms. The molecule has 1 fully saturated rings. The van der Waals surface area contributed by atoms with Gasteiger partial charge in [0.25, 0.3) is 0 Å². The van der Waals surface area contributed by atoms with Gasteiger partial charge in [-0.2, -0.15) is 0 Å². The third-order valence-electron chi connectivity index (χ3n) is 3.41. The van der Waals surface area contributed by atoms with Crippen LogP contribution in [-0.2, 0) is 11.3 Å². The Labute approximate surface area is 114 Å². The van der Waals surface area contributed by atoms with Gasteiger partial charge in [-0.25, -0.2) is 0 Å². The maximum atomic E-state index is 5.72. The highest BCUT2D eigenvalue weighted by Gasteiger charge is 2.12. The average molecular weight is 265 g/mol. The van der Waals surface area contributed by atoms with Crippen LogP contribution in [0.25, 0.3) is 0 Å². The van der Waals surface area contributed by atoms with E-state index in [2.05, 4.69) is 35.8 Å². The summed E-state index contributed by atoms with van der Waals surface area (Å²) in [4.78, 5) is 1.33. The highest BCUT2D eigenvalue weighted by molar-refractivity contribution is 7.98. The molecule has 1 aromatic carbocycles. The van der Waals surface area contributed by atoms with Crippen LogP contribution in [-0.4, -0.2) is 25.5 Å². The molecule has 1 aromatic rings. The first kappa shape index (κ1) is 13.9. The molecule has 100 valence electrons. The van der Waals surface area contributed by atoms with Crippen LogP contribution in [0, 0.1) is 0 Å². The van der Waals surface area contributed by atoms with Gasteiger partial charge in [0.2, 0.25) is 0 Å². The lowest BCUT2D eigenvalue weighted by atomic mass is 10.1. The molecule has 0 saturated carbocycles. The minimum absolute atomic E-state index is 0.491. The van der Waals surface area contributed by atoms with E-state index in [1.54, 1.807) is 11.8 Å². The lowest BCUT2D eigenvalue weighted by molar-refractivity contribution is 0.0115. The van der Waals surface area contributed by atoms with Crippen LogP contribution >= 0.6 is 11.8 Å². The topological polar surface area (TPSA) is 21.3 Å². The molecule has 1 heterocycles. The molecular formula is C15H23NOS.